The number of amides is 2. The van der Waals surface area contributed by atoms with Crippen LogP contribution in [0.4, 0.5) is 4.79 Å². The van der Waals surface area contributed by atoms with Crippen molar-refractivity contribution in [1.82, 2.24) is 10.6 Å². The second kappa shape index (κ2) is 11.6. The Balaban J connectivity index is 1.30. The molecule has 3 N–H and O–H groups in total. The average Bonchev–Trinajstić information content (AvgIpc) is 3.19. The van der Waals surface area contributed by atoms with E-state index < -0.39 is 18.1 Å². The fourth-order valence-corrected chi connectivity index (χ4v) is 5.62. The van der Waals surface area contributed by atoms with Crippen LogP contribution in [0.3, 0.4) is 0 Å². The third-order valence-corrected chi connectivity index (χ3v) is 7.58. The van der Waals surface area contributed by atoms with Gasteiger partial charge in [0.2, 0.25) is 5.91 Å². The second-order valence-electron chi connectivity index (χ2n) is 9.21. The number of carbonyl (C=O) groups excluding carboxylic acids is 2. The Morgan fingerprint density at radius 2 is 1.71 bits per heavy atom. The molecule has 2 aromatic rings. The fraction of sp³-hybridized carbons (Fsp3) is 0.444. The van der Waals surface area contributed by atoms with Crippen molar-refractivity contribution in [1.29, 1.82) is 0 Å². The highest BCUT2D eigenvalue weighted by Crippen LogP contribution is 2.44. The van der Waals surface area contributed by atoms with Gasteiger partial charge < -0.3 is 20.5 Å². The maximum atomic E-state index is 12.7. The zero-order valence-electron chi connectivity index (χ0n) is 19.9. The van der Waals surface area contributed by atoms with Gasteiger partial charge in [-0.3, -0.25) is 4.79 Å². The summed E-state index contributed by atoms with van der Waals surface area (Å²) in [6.07, 6.45) is 4.52. The Kier molecular flexibility index (Phi) is 8.33. The lowest BCUT2D eigenvalue weighted by molar-refractivity contribution is -0.142. The number of thioether (sulfide) groups is 1. The fourth-order valence-electron chi connectivity index (χ4n) is 5.15. The molecule has 186 valence electrons. The molecule has 0 spiro atoms. The van der Waals surface area contributed by atoms with Crippen molar-refractivity contribution in [3.05, 3.63) is 59.7 Å². The number of hydrogen-bond acceptors (Lipinski definition) is 5. The highest BCUT2D eigenvalue weighted by molar-refractivity contribution is 7.98. The first-order valence-corrected chi connectivity index (χ1v) is 13.5. The highest BCUT2D eigenvalue weighted by atomic mass is 32.2. The van der Waals surface area contributed by atoms with Crippen LogP contribution >= 0.6 is 11.8 Å². The molecule has 2 amide bonds. The number of fused-ring (bicyclic) bond motifs is 3. The molecule has 0 radical (unpaired) electrons. The maximum absolute atomic E-state index is 12.7. The average molecular weight is 497 g/mol. The van der Waals surface area contributed by atoms with Crippen molar-refractivity contribution >= 4 is 29.7 Å². The molecule has 0 bridgehead atoms. The second-order valence-corrected chi connectivity index (χ2v) is 10.2. The first-order valence-electron chi connectivity index (χ1n) is 12.1. The summed E-state index contributed by atoms with van der Waals surface area (Å²) in [4.78, 5) is 36.8. The van der Waals surface area contributed by atoms with Gasteiger partial charge in [-0.2, -0.15) is 11.8 Å². The third kappa shape index (κ3) is 5.99. The van der Waals surface area contributed by atoms with Crippen LogP contribution in [0.5, 0.6) is 0 Å². The van der Waals surface area contributed by atoms with E-state index in [9.17, 15) is 19.5 Å². The molecule has 1 saturated carbocycles. The Labute approximate surface area is 210 Å². The van der Waals surface area contributed by atoms with E-state index >= 15 is 0 Å². The number of benzene rings is 2. The largest absolute Gasteiger partial charge is 0.480 e. The molecule has 7 nitrogen and oxygen atoms in total. The van der Waals surface area contributed by atoms with E-state index in [1.165, 1.54) is 11.1 Å². The molecule has 2 aliphatic carbocycles. The van der Waals surface area contributed by atoms with E-state index in [1.807, 2.05) is 30.5 Å². The number of nitrogens with one attached hydrogen (secondary N) is 2. The minimum absolute atomic E-state index is 0.00716. The van der Waals surface area contributed by atoms with Crippen LogP contribution in [0.2, 0.25) is 0 Å². The Morgan fingerprint density at radius 1 is 1.06 bits per heavy atom. The number of aliphatic carboxylic acids is 1. The number of hydrogen-bond donors (Lipinski definition) is 3. The lowest BCUT2D eigenvalue weighted by Crippen LogP contribution is -2.47. The summed E-state index contributed by atoms with van der Waals surface area (Å²) in [6.45, 7) is 0.242. The van der Waals surface area contributed by atoms with Gasteiger partial charge in [-0.1, -0.05) is 55.0 Å². The minimum atomic E-state index is -1.02. The van der Waals surface area contributed by atoms with Crippen LogP contribution in [0, 0.1) is 5.92 Å². The summed E-state index contributed by atoms with van der Waals surface area (Å²) in [6, 6.07) is 15.3. The number of carboxylic acids is 1. The molecular weight excluding hydrogens is 464 g/mol. The molecule has 0 heterocycles. The Bertz CT molecular complexity index is 1030. The number of carbonyl (C=O) groups is 3. The minimum Gasteiger partial charge on any atom is -0.480 e. The van der Waals surface area contributed by atoms with Gasteiger partial charge in [-0.05, 0) is 59.9 Å². The number of alkyl carbamates (subject to hydrolysis) is 1. The zero-order chi connectivity index (χ0) is 24.8. The predicted molar refractivity (Wildman–Crippen MR) is 137 cm³/mol. The number of rotatable bonds is 9. The predicted octanol–water partition coefficient (Wildman–Crippen LogP) is 4.41. The van der Waals surface area contributed by atoms with E-state index in [0.717, 1.165) is 24.0 Å². The van der Waals surface area contributed by atoms with E-state index in [0.29, 0.717) is 25.0 Å². The smallest absolute Gasteiger partial charge is 0.407 e. The van der Waals surface area contributed by atoms with Gasteiger partial charge in [0.15, 0.2) is 0 Å². The summed E-state index contributed by atoms with van der Waals surface area (Å²) in [5.74, 6) is -0.937. The van der Waals surface area contributed by atoms with Gasteiger partial charge >= 0.3 is 12.1 Å². The summed E-state index contributed by atoms with van der Waals surface area (Å²) in [5.41, 5.74) is 4.67. The van der Waals surface area contributed by atoms with Crippen molar-refractivity contribution in [2.75, 3.05) is 18.6 Å². The van der Waals surface area contributed by atoms with Crippen molar-refractivity contribution in [3.8, 4) is 11.1 Å². The molecular formula is C27H32N2O5S. The SMILES string of the molecule is CSCC[C@H](NC(=O)[C@H]1CCC[C@@H](NC(=O)OCC2c3ccccc3-c3ccccc32)C1)C(=O)O. The van der Waals surface area contributed by atoms with E-state index in [-0.39, 0.29) is 30.4 Å². The zero-order valence-corrected chi connectivity index (χ0v) is 20.7. The van der Waals surface area contributed by atoms with Gasteiger partial charge in [-0.25, -0.2) is 9.59 Å². The third-order valence-electron chi connectivity index (χ3n) is 6.94. The van der Waals surface area contributed by atoms with Crippen LogP contribution in [-0.2, 0) is 14.3 Å². The Hall–Kier alpha value is -3.00. The molecule has 0 saturated heterocycles. The van der Waals surface area contributed by atoms with Crippen molar-refractivity contribution in [2.24, 2.45) is 5.92 Å². The van der Waals surface area contributed by atoms with E-state index in [4.69, 9.17) is 4.74 Å². The first kappa shape index (κ1) is 25.1. The summed E-state index contributed by atoms with van der Waals surface area (Å²) in [5, 5.41) is 15.0. The maximum Gasteiger partial charge on any atom is 0.407 e. The summed E-state index contributed by atoms with van der Waals surface area (Å²) >= 11 is 1.55. The van der Waals surface area contributed by atoms with Gasteiger partial charge in [0, 0.05) is 17.9 Å². The quantitative estimate of drug-likeness (QED) is 0.475. The van der Waals surface area contributed by atoms with Crippen LogP contribution < -0.4 is 10.6 Å². The molecule has 2 aromatic carbocycles. The Morgan fingerprint density at radius 3 is 2.34 bits per heavy atom. The van der Waals surface area contributed by atoms with Gasteiger partial charge in [-0.15, -0.1) is 0 Å². The number of ether oxygens (including phenoxy) is 1. The molecule has 3 atom stereocenters. The molecule has 35 heavy (non-hydrogen) atoms. The van der Waals surface area contributed by atoms with Crippen molar-refractivity contribution in [2.45, 2.75) is 50.1 Å². The molecule has 0 aliphatic heterocycles. The molecule has 2 aliphatic rings. The van der Waals surface area contributed by atoms with Gasteiger partial charge in [0.1, 0.15) is 12.6 Å². The van der Waals surface area contributed by atoms with Gasteiger partial charge in [0.05, 0.1) is 0 Å². The standard InChI is InChI=1S/C27H32N2O5S/c1-35-14-13-24(26(31)32)29-25(30)17-7-6-8-18(15-17)28-27(33)34-16-23-21-11-4-2-9-19(21)20-10-3-5-12-22(20)23/h2-5,9-12,17-18,23-24H,6-8,13-16H2,1H3,(H,28,33)(H,29,30)(H,31,32)/t17-,18+,24-/m0/s1. The topological polar surface area (TPSA) is 105 Å². The normalized spacial score (nSPS) is 19.8. The summed E-state index contributed by atoms with van der Waals surface area (Å²) < 4.78 is 5.65. The first-order chi connectivity index (χ1) is 17.0. The molecule has 4 rings (SSSR count). The van der Waals surface area contributed by atoms with Crippen molar-refractivity contribution < 1.29 is 24.2 Å². The molecule has 8 heteroatoms. The van der Waals surface area contributed by atoms with Crippen molar-refractivity contribution in [3.63, 3.8) is 0 Å². The summed E-state index contributed by atoms with van der Waals surface area (Å²) in [7, 11) is 0. The van der Waals surface area contributed by atoms with Crippen LogP contribution in [0.25, 0.3) is 11.1 Å². The number of carboxylic acid groups (broad SMARTS) is 1. The molecule has 1 fully saturated rings. The van der Waals surface area contributed by atoms with Gasteiger partial charge in [0.25, 0.3) is 0 Å². The molecule has 0 unspecified atom stereocenters. The van der Waals surface area contributed by atoms with E-state index in [2.05, 4.69) is 34.9 Å². The lowest BCUT2D eigenvalue weighted by Gasteiger charge is -2.29. The van der Waals surface area contributed by atoms with E-state index in [1.54, 1.807) is 11.8 Å². The van der Waals surface area contributed by atoms with Crippen LogP contribution in [-0.4, -0.2) is 53.8 Å². The monoisotopic (exact) mass is 496 g/mol. The molecule has 0 aromatic heterocycles. The highest BCUT2D eigenvalue weighted by Gasteiger charge is 2.32. The van der Waals surface area contributed by atoms with Crippen LogP contribution in [0.15, 0.2) is 48.5 Å². The lowest BCUT2D eigenvalue weighted by atomic mass is 9.85. The van der Waals surface area contributed by atoms with Crippen LogP contribution in [0.1, 0.15) is 49.1 Å².